The number of ether oxygens (including phenoxy) is 2. The molecule has 0 N–H and O–H groups in total. The molecule has 0 bridgehead atoms. The Bertz CT molecular complexity index is 602. The molecule has 2 aromatic rings. The molecule has 1 atom stereocenters. The minimum atomic E-state index is -0.233. The normalized spacial score (nSPS) is 13.4. The zero-order valence-electron chi connectivity index (χ0n) is 13.8. The van der Waals surface area contributed by atoms with Crippen molar-refractivity contribution in [2.24, 2.45) is 0 Å². The summed E-state index contributed by atoms with van der Waals surface area (Å²) in [6.07, 6.45) is 0.871. The lowest BCUT2D eigenvalue weighted by atomic mass is 9.79. The molecule has 2 aromatic carbocycles. The zero-order chi connectivity index (χ0) is 15.5. The van der Waals surface area contributed by atoms with Crippen molar-refractivity contribution in [1.29, 1.82) is 0 Å². The van der Waals surface area contributed by atoms with E-state index in [4.69, 9.17) is 9.47 Å². The van der Waals surface area contributed by atoms with Crippen molar-refractivity contribution in [3.8, 4) is 5.75 Å². The zero-order valence-corrected chi connectivity index (χ0v) is 13.8. The van der Waals surface area contributed by atoms with Crippen LogP contribution in [0, 0.1) is 0 Å². The van der Waals surface area contributed by atoms with E-state index in [1.807, 2.05) is 19.9 Å². The van der Waals surface area contributed by atoms with Gasteiger partial charge in [0.05, 0.1) is 0 Å². The van der Waals surface area contributed by atoms with Crippen molar-refractivity contribution in [1.82, 2.24) is 0 Å². The summed E-state index contributed by atoms with van der Waals surface area (Å²) in [6.45, 7) is 11.4. The number of rotatable bonds is 6. The van der Waals surface area contributed by atoms with Gasteiger partial charge in [-0.25, -0.2) is 0 Å². The maximum absolute atomic E-state index is 5.95. The minimum absolute atomic E-state index is 0.156. The van der Waals surface area contributed by atoms with Crippen LogP contribution < -0.4 is 4.74 Å². The van der Waals surface area contributed by atoms with E-state index in [1.165, 1.54) is 10.9 Å². The Kier molecular flexibility index (Phi) is 4.89. The highest BCUT2D eigenvalue weighted by Gasteiger charge is 2.21. The second-order valence-electron chi connectivity index (χ2n) is 6.04. The predicted molar refractivity (Wildman–Crippen MR) is 89.0 cm³/mol. The van der Waals surface area contributed by atoms with E-state index in [0.717, 1.165) is 17.6 Å². The summed E-state index contributed by atoms with van der Waals surface area (Å²) < 4.78 is 11.4. The maximum atomic E-state index is 5.95. The van der Waals surface area contributed by atoms with Gasteiger partial charge in [-0.05, 0) is 42.7 Å². The molecule has 2 rings (SSSR count). The van der Waals surface area contributed by atoms with E-state index in [-0.39, 0.29) is 11.7 Å². The first-order chi connectivity index (χ1) is 9.99. The van der Waals surface area contributed by atoms with E-state index in [9.17, 15) is 0 Å². The lowest BCUT2D eigenvalue weighted by molar-refractivity contribution is -0.0605. The Morgan fingerprint density at radius 1 is 1.00 bits per heavy atom. The molecule has 0 aliphatic carbocycles. The van der Waals surface area contributed by atoms with Crippen LogP contribution in [0.4, 0.5) is 0 Å². The quantitative estimate of drug-likeness (QED) is 0.672. The van der Waals surface area contributed by atoms with Gasteiger partial charge < -0.3 is 9.47 Å². The molecule has 0 saturated heterocycles. The highest BCUT2D eigenvalue weighted by atomic mass is 16.7. The van der Waals surface area contributed by atoms with Crippen molar-refractivity contribution >= 4 is 10.8 Å². The van der Waals surface area contributed by atoms with Crippen LogP contribution in [0.1, 0.15) is 46.6 Å². The summed E-state index contributed by atoms with van der Waals surface area (Å²) in [5.41, 5.74) is 1.53. The van der Waals surface area contributed by atoms with E-state index >= 15 is 0 Å². The van der Waals surface area contributed by atoms with Crippen LogP contribution in [-0.4, -0.2) is 12.9 Å². The van der Waals surface area contributed by atoms with E-state index in [2.05, 4.69) is 51.1 Å². The van der Waals surface area contributed by atoms with E-state index < -0.39 is 0 Å². The third kappa shape index (κ3) is 3.38. The summed E-state index contributed by atoms with van der Waals surface area (Å²) in [5.74, 6) is 0.891. The highest BCUT2D eigenvalue weighted by Crippen LogP contribution is 2.36. The highest BCUT2D eigenvalue weighted by molar-refractivity contribution is 5.91. The van der Waals surface area contributed by atoms with Gasteiger partial charge in [-0.1, -0.05) is 51.1 Å². The molecule has 0 radical (unpaired) electrons. The average Bonchev–Trinajstić information content (AvgIpc) is 2.47. The fourth-order valence-corrected chi connectivity index (χ4v) is 2.61. The van der Waals surface area contributed by atoms with Gasteiger partial charge in [-0.3, -0.25) is 0 Å². The van der Waals surface area contributed by atoms with Crippen LogP contribution in [0.15, 0.2) is 36.4 Å². The fourth-order valence-electron chi connectivity index (χ4n) is 2.61. The molecular formula is C19H26O2. The van der Waals surface area contributed by atoms with Gasteiger partial charge in [0.15, 0.2) is 6.29 Å². The van der Waals surface area contributed by atoms with Gasteiger partial charge in [-0.2, -0.15) is 0 Å². The van der Waals surface area contributed by atoms with Gasteiger partial charge >= 0.3 is 0 Å². The molecule has 0 amide bonds. The molecule has 114 valence electrons. The van der Waals surface area contributed by atoms with Crippen LogP contribution in [0.2, 0.25) is 0 Å². The molecule has 2 heteroatoms. The standard InChI is InChI=1S/C19H26O2/c1-6-19(4,5)17-12-8-11-16-15(17)10-9-13-18(16)21-14(3)20-7-2/h8-14H,6-7H2,1-5H3. The average molecular weight is 286 g/mol. The second-order valence-corrected chi connectivity index (χ2v) is 6.04. The van der Waals surface area contributed by atoms with Crippen LogP contribution in [-0.2, 0) is 10.2 Å². The SMILES string of the molecule is CCOC(C)Oc1cccc2c(C(C)(C)CC)cccc12. The first-order valence-corrected chi connectivity index (χ1v) is 7.80. The van der Waals surface area contributed by atoms with Crippen LogP contribution >= 0.6 is 0 Å². The minimum Gasteiger partial charge on any atom is -0.465 e. The Morgan fingerprint density at radius 2 is 1.67 bits per heavy atom. The molecule has 0 aliphatic heterocycles. The smallest absolute Gasteiger partial charge is 0.196 e. The fraction of sp³-hybridized carbons (Fsp3) is 0.474. The molecule has 0 spiro atoms. The predicted octanol–water partition coefficient (Wildman–Crippen LogP) is 5.29. The van der Waals surface area contributed by atoms with Gasteiger partial charge in [0.25, 0.3) is 0 Å². The molecule has 0 saturated carbocycles. The monoisotopic (exact) mass is 286 g/mol. The van der Waals surface area contributed by atoms with Gasteiger partial charge in [0, 0.05) is 12.0 Å². The molecular weight excluding hydrogens is 260 g/mol. The van der Waals surface area contributed by atoms with Gasteiger partial charge in [0.2, 0.25) is 0 Å². The first-order valence-electron chi connectivity index (χ1n) is 7.80. The van der Waals surface area contributed by atoms with Crippen LogP contribution in [0.3, 0.4) is 0 Å². The van der Waals surface area contributed by atoms with Crippen molar-refractivity contribution in [2.75, 3.05) is 6.61 Å². The molecule has 2 nitrogen and oxygen atoms in total. The third-order valence-electron chi connectivity index (χ3n) is 4.19. The molecule has 1 unspecified atom stereocenters. The van der Waals surface area contributed by atoms with Crippen molar-refractivity contribution in [2.45, 2.75) is 52.7 Å². The number of benzene rings is 2. The Morgan fingerprint density at radius 3 is 2.33 bits per heavy atom. The Hall–Kier alpha value is -1.54. The summed E-state index contributed by atoms with van der Waals surface area (Å²) in [5, 5.41) is 2.42. The molecule has 0 aromatic heterocycles. The van der Waals surface area contributed by atoms with E-state index in [1.54, 1.807) is 0 Å². The van der Waals surface area contributed by atoms with Crippen molar-refractivity contribution in [3.05, 3.63) is 42.0 Å². The lowest BCUT2D eigenvalue weighted by Gasteiger charge is -2.26. The second kappa shape index (κ2) is 6.48. The van der Waals surface area contributed by atoms with Crippen molar-refractivity contribution in [3.63, 3.8) is 0 Å². The number of hydrogen-bond donors (Lipinski definition) is 0. The van der Waals surface area contributed by atoms with E-state index in [0.29, 0.717) is 6.61 Å². The lowest BCUT2D eigenvalue weighted by Crippen LogP contribution is -2.17. The van der Waals surface area contributed by atoms with Crippen LogP contribution in [0.5, 0.6) is 5.75 Å². The van der Waals surface area contributed by atoms with Gasteiger partial charge in [-0.15, -0.1) is 0 Å². The summed E-state index contributed by atoms with van der Waals surface area (Å²) in [7, 11) is 0. The van der Waals surface area contributed by atoms with Gasteiger partial charge in [0.1, 0.15) is 5.75 Å². The summed E-state index contributed by atoms with van der Waals surface area (Å²) in [4.78, 5) is 0. The Balaban J connectivity index is 2.49. The molecule has 0 heterocycles. The summed E-state index contributed by atoms with van der Waals surface area (Å²) >= 11 is 0. The summed E-state index contributed by atoms with van der Waals surface area (Å²) in [6, 6.07) is 12.7. The first kappa shape index (κ1) is 15.8. The Labute approximate surface area is 128 Å². The number of hydrogen-bond acceptors (Lipinski definition) is 2. The largest absolute Gasteiger partial charge is 0.465 e. The van der Waals surface area contributed by atoms with Crippen molar-refractivity contribution < 1.29 is 9.47 Å². The van der Waals surface area contributed by atoms with Crippen LogP contribution in [0.25, 0.3) is 10.8 Å². The molecule has 0 fully saturated rings. The molecule has 21 heavy (non-hydrogen) atoms. The topological polar surface area (TPSA) is 18.5 Å². The number of fused-ring (bicyclic) bond motifs is 1. The maximum Gasteiger partial charge on any atom is 0.196 e. The molecule has 0 aliphatic rings. The third-order valence-corrected chi connectivity index (χ3v) is 4.19.